The van der Waals surface area contributed by atoms with Crippen molar-refractivity contribution in [3.05, 3.63) is 66.0 Å². The van der Waals surface area contributed by atoms with Crippen LogP contribution in [0.4, 0.5) is 18.0 Å². The molecule has 2 unspecified atom stereocenters. The lowest BCUT2D eigenvalue weighted by Crippen LogP contribution is -2.44. The quantitative estimate of drug-likeness (QED) is 0.560. The third kappa shape index (κ3) is 8.13. The van der Waals surface area contributed by atoms with Gasteiger partial charge in [-0.25, -0.2) is 9.18 Å². The Morgan fingerprint density at radius 2 is 1.84 bits per heavy atom. The number of carboxylic acid groups (broad SMARTS) is 1. The smallest absolute Gasteiger partial charge is 0.410 e. The Hall–Kier alpha value is -3.23. The van der Waals surface area contributed by atoms with Crippen LogP contribution in [0.15, 0.2) is 54.6 Å². The molecule has 174 valence electrons. The van der Waals surface area contributed by atoms with Gasteiger partial charge in [-0.2, -0.15) is 8.78 Å². The van der Waals surface area contributed by atoms with Crippen molar-refractivity contribution < 1.29 is 37.3 Å². The fourth-order valence-electron chi connectivity index (χ4n) is 3.34. The summed E-state index contributed by atoms with van der Waals surface area (Å²) in [4.78, 5) is 24.5. The summed E-state index contributed by atoms with van der Waals surface area (Å²) in [5.74, 6) is -1.04. The minimum absolute atomic E-state index is 0.0409. The zero-order chi connectivity index (χ0) is 23.5. The van der Waals surface area contributed by atoms with Crippen molar-refractivity contribution in [2.24, 2.45) is 0 Å². The van der Waals surface area contributed by atoms with Gasteiger partial charge in [-0.05, 0) is 42.7 Å². The molecule has 0 spiro atoms. The molecule has 1 aliphatic rings. The Morgan fingerprint density at radius 3 is 2.31 bits per heavy atom. The summed E-state index contributed by atoms with van der Waals surface area (Å²) in [5.41, 5.74) is 0.796. The summed E-state index contributed by atoms with van der Waals surface area (Å²) in [6.45, 7) is -0.512. The van der Waals surface area contributed by atoms with Gasteiger partial charge in [0.1, 0.15) is 17.7 Å². The number of aliphatic carboxylic acids is 1. The van der Waals surface area contributed by atoms with Crippen molar-refractivity contribution in [3.8, 4) is 5.75 Å². The predicted octanol–water partition coefficient (Wildman–Crippen LogP) is 5.64. The van der Waals surface area contributed by atoms with E-state index in [0.29, 0.717) is 25.8 Å². The van der Waals surface area contributed by atoms with E-state index in [1.165, 1.54) is 24.3 Å². The highest BCUT2D eigenvalue weighted by Crippen LogP contribution is 2.30. The molecule has 2 atom stereocenters. The molecular weight excluding hydrogens is 427 g/mol. The Kier molecular flexibility index (Phi) is 9.84. The molecule has 2 aromatic carbocycles. The molecule has 0 radical (unpaired) electrons. The summed E-state index contributed by atoms with van der Waals surface area (Å²) in [7, 11) is 0. The first-order valence-electron chi connectivity index (χ1n) is 10.2. The van der Waals surface area contributed by atoms with Crippen molar-refractivity contribution in [1.29, 1.82) is 0 Å². The summed E-state index contributed by atoms with van der Waals surface area (Å²) in [6, 6.07) is 13.9. The van der Waals surface area contributed by atoms with Gasteiger partial charge >= 0.3 is 18.7 Å². The van der Waals surface area contributed by atoms with Gasteiger partial charge < -0.3 is 19.5 Å². The number of carbonyl (C=O) groups excluding carboxylic acids is 1. The molecule has 0 saturated carbocycles. The van der Waals surface area contributed by atoms with Crippen LogP contribution in [0.5, 0.6) is 5.75 Å². The normalized spacial score (nSPS) is 16.6. The summed E-state index contributed by atoms with van der Waals surface area (Å²) in [5, 5.41) is 8.71. The number of carboxylic acids is 1. The summed E-state index contributed by atoms with van der Waals surface area (Å²) >= 11 is 0. The number of hydrogen-bond acceptors (Lipinski definition) is 4. The van der Waals surface area contributed by atoms with E-state index in [1.807, 2.05) is 6.92 Å². The largest absolute Gasteiger partial charge is 0.481 e. The Balaban J connectivity index is 0.000000439. The van der Waals surface area contributed by atoms with Gasteiger partial charge in [0.2, 0.25) is 0 Å². The number of amides is 1. The molecule has 1 saturated heterocycles. The number of cyclic esters (lactones) is 1. The van der Waals surface area contributed by atoms with Crippen molar-refractivity contribution >= 4 is 12.1 Å². The van der Waals surface area contributed by atoms with E-state index < -0.39 is 18.7 Å². The van der Waals surface area contributed by atoms with Crippen LogP contribution in [-0.2, 0) is 9.53 Å². The summed E-state index contributed by atoms with van der Waals surface area (Å²) in [6.07, 6.45) is 0.568. The van der Waals surface area contributed by atoms with Crippen molar-refractivity contribution in [2.75, 3.05) is 6.54 Å². The van der Waals surface area contributed by atoms with E-state index in [0.717, 1.165) is 5.56 Å². The lowest BCUT2D eigenvalue weighted by Gasteiger charge is -2.37. The minimum atomic E-state index is -2.88. The monoisotopic (exact) mass is 453 g/mol. The van der Waals surface area contributed by atoms with Gasteiger partial charge in [-0.1, -0.05) is 37.3 Å². The topological polar surface area (TPSA) is 76.1 Å². The molecule has 0 aliphatic carbocycles. The van der Waals surface area contributed by atoms with Crippen LogP contribution in [0, 0.1) is 5.82 Å². The van der Waals surface area contributed by atoms with Gasteiger partial charge in [0.05, 0.1) is 6.04 Å². The van der Waals surface area contributed by atoms with Crippen LogP contribution in [0.2, 0.25) is 0 Å². The standard InChI is InChI=1S/C17H21F2NO5.C6H5F/c1-2-14(11-3-5-12(6-4-11)24-16(18)19)20-10-9-13(25-17(20)23)7-8-15(21)22;7-6-4-2-1-3-5-6/h3-6,13-14,16H,2,7-10H2,1H3,(H,21,22);1-5H. The number of benzene rings is 2. The maximum atomic E-state index is 12.3. The number of carbonyl (C=O) groups is 2. The minimum Gasteiger partial charge on any atom is -0.481 e. The highest BCUT2D eigenvalue weighted by Gasteiger charge is 2.32. The van der Waals surface area contributed by atoms with Crippen LogP contribution >= 0.6 is 0 Å². The molecular formula is C23H26F3NO5. The first-order chi connectivity index (χ1) is 15.3. The van der Waals surface area contributed by atoms with Crippen LogP contribution in [-0.4, -0.2) is 41.3 Å². The predicted molar refractivity (Wildman–Crippen MR) is 111 cm³/mol. The van der Waals surface area contributed by atoms with E-state index in [-0.39, 0.29) is 30.1 Å². The lowest BCUT2D eigenvalue weighted by atomic mass is 10.0. The number of hydrogen-bond donors (Lipinski definition) is 1. The van der Waals surface area contributed by atoms with Crippen molar-refractivity contribution in [3.63, 3.8) is 0 Å². The average Bonchev–Trinajstić information content (AvgIpc) is 2.76. The molecule has 1 N–H and O–H groups in total. The second-order valence-electron chi connectivity index (χ2n) is 7.09. The molecule has 6 nitrogen and oxygen atoms in total. The van der Waals surface area contributed by atoms with Gasteiger partial charge in [0.15, 0.2) is 0 Å². The van der Waals surface area contributed by atoms with Crippen LogP contribution in [0.3, 0.4) is 0 Å². The highest BCUT2D eigenvalue weighted by atomic mass is 19.3. The highest BCUT2D eigenvalue weighted by molar-refractivity contribution is 5.70. The van der Waals surface area contributed by atoms with Gasteiger partial charge in [0.25, 0.3) is 0 Å². The number of nitrogens with zero attached hydrogens (tertiary/aromatic N) is 1. The van der Waals surface area contributed by atoms with Crippen LogP contribution in [0.25, 0.3) is 0 Å². The van der Waals surface area contributed by atoms with Crippen LogP contribution in [0.1, 0.15) is 44.2 Å². The second-order valence-corrected chi connectivity index (χ2v) is 7.09. The fourth-order valence-corrected chi connectivity index (χ4v) is 3.34. The molecule has 0 aromatic heterocycles. The number of rotatable bonds is 8. The lowest BCUT2D eigenvalue weighted by molar-refractivity contribution is -0.137. The SMILES string of the molecule is CCC(c1ccc(OC(F)F)cc1)N1CCC(CCC(=O)O)OC1=O.Fc1ccccc1. The molecule has 9 heteroatoms. The molecule has 2 aromatic rings. The van der Waals surface area contributed by atoms with E-state index in [4.69, 9.17) is 9.84 Å². The molecule has 0 bridgehead atoms. The van der Waals surface area contributed by atoms with E-state index in [9.17, 15) is 22.8 Å². The van der Waals surface area contributed by atoms with Gasteiger partial charge in [-0.3, -0.25) is 4.79 Å². The third-order valence-electron chi connectivity index (χ3n) is 4.86. The fraction of sp³-hybridized carbons (Fsp3) is 0.391. The Labute approximate surface area is 184 Å². The van der Waals surface area contributed by atoms with E-state index >= 15 is 0 Å². The van der Waals surface area contributed by atoms with Crippen LogP contribution < -0.4 is 4.74 Å². The van der Waals surface area contributed by atoms with E-state index in [1.54, 1.807) is 35.2 Å². The molecule has 32 heavy (non-hydrogen) atoms. The Bertz CT molecular complexity index is 848. The molecule has 3 rings (SSSR count). The Morgan fingerprint density at radius 1 is 1.19 bits per heavy atom. The molecule has 1 amide bonds. The zero-order valence-electron chi connectivity index (χ0n) is 17.6. The molecule has 1 aliphatic heterocycles. The van der Waals surface area contributed by atoms with Gasteiger partial charge in [0, 0.05) is 19.4 Å². The molecule has 1 fully saturated rings. The summed E-state index contributed by atoms with van der Waals surface area (Å²) < 4.78 is 46.0. The first kappa shape index (κ1) is 25.0. The van der Waals surface area contributed by atoms with E-state index in [2.05, 4.69) is 4.74 Å². The zero-order valence-corrected chi connectivity index (χ0v) is 17.6. The first-order valence-corrected chi connectivity index (χ1v) is 10.2. The number of ether oxygens (including phenoxy) is 2. The maximum absolute atomic E-state index is 12.3. The molecule has 1 heterocycles. The third-order valence-corrected chi connectivity index (χ3v) is 4.86. The van der Waals surface area contributed by atoms with Gasteiger partial charge in [-0.15, -0.1) is 0 Å². The second kappa shape index (κ2) is 12.6. The average molecular weight is 453 g/mol. The number of alkyl halides is 2. The van der Waals surface area contributed by atoms with Crippen molar-refractivity contribution in [1.82, 2.24) is 4.90 Å². The van der Waals surface area contributed by atoms with Crippen molar-refractivity contribution in [2.45, 2.75) is 51.4 Å². The number of halogens is 3. The maximum Gasteiger partial charge on any atom is 0.410 e.